The third-order valence-electron chi connectivity index (χ3n) is 3.98. The van der Waals surface area contributed by atoms with Gasteiger partial charge in [-0.3, -0.25) is 14.6 Å². The topological polar surface area (TPSA) is 80.3 Å². The van der Waals surface area contributed by atoms with Gasteiger partial charge in [-0.1, -0.05) is 24.3 Å². The van der Waals surface area contributed by atoms with Crippen molar-refractivity contribution in [1.29, 1.82) is 0 Å². The number of benzene rings is 2. The van der Waals surface area contributed by atoms with Gasteiger partial charge in [0.1, 0.15) is 11.4 Å². The molecule has 0 atom stereocenters. The fourth-order valence-electron chi connectivity index (χ4n) is 2.50. The molecule has 1 heterocycles. The van der Waals surface area contributed by atoms with Gasteiger partial charge in [0.2, 0.25) is 0 Å². The molecular formula is C21H19N3O3. The number of pyridine rings is 1. The number of amides is 2. The molecule has 0 radical (unpaired) electrons. The van der Waals surface area contributed by atoms with Gasteiger partial charge in [0.05, 0.1) is 7.11 Å². The van der Waals surface area contributed by atoms with Crippen LogP contribution in [-0.2, 0) is 0 Å². The van der Waals surface area contributed by atoms with E-state index in [4.69, 9.17) is 4.74 Å². The predicted octanol–water partition coefficient (Wildman–Crippen LogP) is 3.90. The monoisotopic (exact) mass is 361 g/mol. The molecule has 0 unspecified atom stereocenters. The molecule has 0 saturated heterocycles. The fourth-order valence-corrected chi connectivity index (χ4v) is 2.50. The van der Waals surface area contributed by atoms with Crippen molar-refractivity contribution in [3.8, 4) is 5.75 Å². The summed E-state index contributed by atoms with van der Waals surface area (Å²) in [6.45, 7) is 1.91. The van der Waals surface area contributed by atoms with Crippen LogP contribution >= 0.6 is 0 Å². The molecule has 136 valence electrons. The molecule has 6 heteroatoms. The molecule has 2 aromatic carbocycles. The first kappa shape index (κ1) is 18.1. The Morgan fingerprint density at radius 2 is 1.74 bits per heavy atom. The maximum Gasteiger partial charge on any atom is 0.274 e. The van der Waals surface area contributed by atoms with Gasteiger partial charge in [0, 0.05) is 29.2 Å². The summed E-state index contributed by atoms with van der Waals surface area (Å²) < 4.78 is 5.14. The number of hydrogen-bond acceptors (Lipinski definition) is 4. The van der Waals surface area contributed by atoms with E-state index >= 15 is 0 Å². The second kappa shape index (κ2) is 8.14. The maximum absolute atomic E-state index is 12.5. The van der Waals surface area contributed by atoms with E-state index in [-0.39, 0.29) is 11.6 Å². The molecule has 1 aromatic heterocycles. The molecule has 0 aliphatic carbocycles. The van der Waals surface area contributed by atoms with Crippen LogP contribution in [0.1, 0.15) is 26.4 Å². The Hall–Kier alpha value is -3.67. The van der Waals surface area contributed by atoms with Gasteiger partial charge in [-0.25, -0.2) is 0 Å². The van der Waals surface area contributed by atoms with Crippen molar-refractivity contribution in [1.82, 2.24) is 4.98 Å². The van der Waals surface area contributed by atoms with Crippen molar-refractivity contribution in [2.45, 2.75) is 6.92 Å². The highest BCUT2D eigenvalue weighted by Crippen LogP contribution is 2.18. The van der Waals surface area contributed by atoms with Crippen LogP contribution in [0.3, 0.4) is 0 Å². The van der Waals surface area contributed by atoms with Crippen LogP contribution in [0, 0.1) is 6.92 Å². The van der Waals surface area contributed by atoms with E-state index in [1.807, 2.05) is 31.2 Å². The summed E-state index contributed by atoms with van der Waals surface area (Å²) in [5.41, 5.74) is 2.76. The molecule has 0 fully saturated rings. The Labute approximate surface area is 157 Å². The molecule has 6 nitrogen and oxygen atoms in total. The van der Waals surface area contributed by atoms with E-state index in [0.29, 0.717) is 17.0 Å². The number of nitrogens with zero attached hydrogens (tertiary/aromatic N) is 1. The van der Waals surface area contributed by atoms with Crippen molar-refractivity contribution in [2.75, 3.05) is 17.7 Å². The second-order valence-electron chi connectivity index (χ2n) is 5.88. The zero-order valence-electron chi connectivity index (χ0n) is 15.0. The van der Waals surface area contributed by atoms with Gasteiger partial charge in [-0.15, -0.1) is 0 Å². The molecule has 2 amide bonds. The molecule has 0 aliphatic heterocycles. The van der Waals surface area contributed by atoms with Crippen LogP contribution in [0.5, 0.6) is 5.75 Å². The lowest BCUT2D eigenvalue weighted by Gasteiger charge is -2.09. The first-order valence-electron chi connectivity index (χ1n) is 8.35. The van der Waals surface area contributed by atoms with E-state index in [2.05, 4.69) is 15.6 Å². The minimum absolute atomic E-state index is 0.148. The van der Waals surface area contributed by atoms with Crippen molar-refractivity contribution in [3.63, 3.8) is 0 Å². The average molecular weight is 361 g/mol. The second-order valence-corrected chi connectivity index (χ2v) is 5.88. The molecule has 0 bridgehead atoms. The van der Waals surface area contributed by atoms with Crippen molar-refractivity contribution in [3.05, 3.63) is 83.7 Å². The molecule has 27 heavy (non-hydrogen) atoms. The summed E-state index contributed by atoms with van der Waals surface area (Å²) in [7, 11) is 1.55. The summed E-state index contributed by atoms with van der Waals surface area (Å²) in [5, 5.41) is 5.59. The summed E-state index contributed by atoms with van der Waals surface area (Å²) >= 11 is 0. The average Bonchev–Trinajstić information content (AvgIpc) is 2.70. The van der Waals surface area contributed by atoms with E-state index in [1.165, 1.54) is 12.3 Å². The highest BCUT2D eigenvalue weighted by Gasteiger charge is 2.13. The highest BCUT2D eigenvalue weighted by molar-refractivity contribution is 6.08. The molecule has 0 aliphatic rings. The Kier molecular flexibility index (Phi) is 5.47. The van der Waals surface area contributed by atoms with Crippen LogP contribution in [-0.4, -0.2) is 23.9 Å². The highest BCUT2D eigenvalue weighted by atomic mass is 16.5. The summed E-state index contributed by atoms with van der Waals surface area (Å²) in [4.78, 5) is 29.0. The van der Waals surface area contributed by atoms with Gasteiger partial charge in [-0.05, 0) is 42.8 Å². The molecular weight excluding hydrogens is 342 g/mol. The van der Waals surface area contributed by atoms with Crippen molar-refractivity contribution in [2.24, 2.45) is 0 Å². The van der Waals surface area contributed by atoms with Crippen LogP contribution in [0.4, 0.5) is 11.4 Å². The van der Waals surface area contributed by atoms with Gasteiger partial charge in [-0.2, -0.15) is 0 Å². The van der Waals surface area contributed by atoms with Crippen molar-refractivity contribution >= 4 is 23.2 Å². The lowest BCUT2D eigenvalue weighted by Crippen LogP contribution is -2.17. The normalized spacial score (nSPS) is 10.1. The standard InChI is InChI=1S/C21H19N3O3/c1-14-6-3-4-9-18(14)24-20(25)15-10-11-22-19(12-15)21(26)23-16-7-5-8-17(13-16)27-2/h3-13H,1-2H3,(H,23,26)(H,24,25). The molecule has 0 saturated carbocycles. The molecule has 2 N–H and O–H groups in total. The summed E-state index contributed by atoms with van der Waals surface area (Å²) in [5.74, 6) is -0.0805. The number of hydrogen-bond donors (Lipinski definition) is 2. The number of rotatable bonds is 5. The minimum atomic E-state index is -0.409. The molecule has 0 spiro atoms. The van der Waals surface area contributed by atoms with Gasteiger partial charge in [0.15, 0.2) is 0 Å². The lowest BCUT2D eigenvalue weighted by molar-refractivity contribution is 0.102. The zero-order valence-corrected chi connectivity index (χ0v) is 15.0. The number of aromatic nitrogens is 1. The largest absolute Gasteiger partial charge is 0.497 e. The number of carbonyl (C=O) groups is 2. The number of methoxy groups -OCH3 is 1. The summed E-state index contributed by atoms with van der Waals surface area (Å²) in [6, 6.07) is 17.5. The Balaban J connectivity index is 1.75. The number of para-hydroxylation sites is 1. The zero-order chi connectivity index (χ0) is 19.2. The van der Waals surface area contributed by atoms with Gasteiger partial charge < -0.3 is 15.4 Å². The Morgan fingerprint density at radius 1 is 0.926 bits per heavy atom. The van der Waals surface area contributed by atoms with E-state index in [1.54, 1.807) is 37.4 Å². The number of carbonyl (C=O) groups excluding carboxylic acids is 2. The number of aryl methyl sites for hydroxylation is 1. The molecule has 3 rings (SSSR count). The quantitative estimate of drug-likeness (QED) is 0.722. The van der Waals surface area contributed by atoms with Crippen LogP contribution < -0.4 is 15.4 Å². The Bertz CT molecular complexity index is 986. The smallest absolute Gasteiger partial charge is 0.274 e. The third-order valence-corrected chi connectivity index (χ3v) is 3.98. The van der Waals surface area contributed by atoms with E-state index < -0.39 is 5.91 Å². The van der Waals surface area contributed by atoms with E-state index in [0.717, 1.165) is 11.3 Å². The number of ether oxygens (including phenoxy) is 1. The molecule has 3 aromatic rings. The summed E-state index contributed by atoms with van der Waals surface area (Å²) in [6.07, 6.45) is 1.44. The van der Waals surface area contributed by atoms with Gasteiger partial charge in [0.25, 0.3) is 11.8 Å². The lowest BCUT2D eigenvalue weighted by atomic mass is 10.1. The van der Waals surface area contributed by atoms with Crippen LogP contribution in [0.2, 0.25) is 0 Å². The first-order chi connectivity index (χ1) is 13.1. The maximum atomic E-state index is 12.5. The van der Waals surface area contributed by atoms with E-state index in [9.17, 15) is 9.59 Å². The fraction of sp³-hybridized carbons (Fsp3) is 0.0952. The van der Waals surface area contributed by atoms with Crippen molar-refractivity contribution < 1.29 is 14.3 Å². The van der Waals surface area contributed by atoms with Crippen LogP contribution in [0.15, 0.2) is 66.9 Å². The third kappa shape index (κ3) is 4.49. The minimum Gasteiger partial charge on any atom is -0.497 e. The SMILES string of the molecule is COc1cccc(NC(=O)c2cc(C(=O)Nc3ccccc3C)ccn2)c1. The van der Waals surface area contributed by atoms with Gasteiger partial charge >= 0.3 is 0 Å². The number of anilines is 2. The first-order valence-corrected chi connectivity index (χ1v) is 8.35. The number of nitrogens with one attached hydrogen (secondary N) is 2. The Morgan fingerprint density at radius 3 is 2.52 bits per heavy atom. The predicted molar refractivity (Wildman–Crippen MR) is 104 cm³/mol. The van der Waals surface area contributed by atoms with Crippen LogP contribution in [0.25, 0.3) is 0 Å².